The molecule has 0 spiro atoms. The highest BCUT2D eigenvalue weighted by Gasteiger charge is 2.14. The van der Waals surface area contributed by atoms with E-state index in [1.165, 1.54) is 29.0 Å². The number of nitrogens with zero attached hydrogens (tertiary/aromatic N) is 1. The summed E-state index contributed by atoms with van der Waals surface area (Å²) in [6, 6.07) is 4.55. The van der Waals surface area contributed by atoms with E-state index in [-0.39, 0.29) is 16.9 Å². The average Bonchev–Trinajstić information content (AvgIpc) is 2.81. The SMILES string of the molecule is O=C(Nc1cc(Br)ccc1C(=O)O)c1cscn1. The van der Waals surface area contributed by atoms with Crippen molar-refractivity contribution in [2.24, 2.45) is 0 Å². The Balaban J connectivity index is 2.31. The highest BCUT2D eigenvalue weighted by Crippen LogP contribution is 2.22. The van der Waals surface area contributed by atoms with E-state index >= 15 is 0 Å². The lowest BCUT2D eigenvalue weighted by Gasteiger charge is -2.07. The van der Waals surface area contributed by atoms with E-state index in [4.69, 9.17) is 5.11 Å². The predicted octanol–water partition coefficient (Wildman–Crippen LogP) is 2.86. The van der Waals surface area contributed by atoms with Crippen molar-refractivity contribution in [3.8, 4) is 0 Å². The van der Waals surface area contributed by atoms with Gasteiger partial charge in [-0.15, -0.1) is 11.3 Å². The van der Waals surface area contributed by atoms with Gasteiger partial charge in [-0.25, -0.2) is 9.78 Å². The quantitative estimate of drug-likeness (QED) is 0.908. The smallest absolute Gasteiger partial charge is 0.337 e. The lowest BCUT2D eigenvalue weighted by molar-refractivity contribution is 0.0698. The van der Waals surface area contributed by atoms with Gasteiger partial charge in [0.15, 0.2) is 0 Å². The zero-order valence-electron chi connectivity index (χ0n) is 8.88. The third-order valence-corrected chi connectivity index (χ3v) is 3.20. The molecule has 92 valence electrons. The fraction of sp³-hybridized carbons (Fsp3) is 0. The van der Waals surface area contributed by atoms with Crippen LogP contribution in [-0.2, 0) is 0 Å². The van der Waals surface area contributed by atoms with Crippen LogP contribution < -0.4 is 5.32 Å². The summed E-state index contributed by atoms with van der Waals surface area (Å²) < 4.78 is 0.682. The summed E-state index contributed by atoms with van der Waals surface area (Å²) in [6.07, 6.45) is 0. The Kier molecular flexibility index (Phi) is 3.73. The Labute approximate surface area is 115 Å². The van der Waals surface area contributed by atoms with Crippen LogP contribution in [-0.4, -0.2) is 22.0 Å². The molecule has 2 rings (SSSR count). The first-order chi connectivity index (χ1) is 8.58. The lowest BCUT2D eigenvalue weighted by atomic mass is 10.2. The standard InChI is InChI=1S/C11H7BrN2O3S/c12-6-1-2-7(11(16)17)8(3-6)14-10(15)9-4-18-5-13-9/h1-5H,(H,14,15)(H,16,17). The molecule has 0 unspecified atom stereocenters. The first kappa shape index (κ1) is 12.7. The Morgan fingerprint density at radius 3 is 2.78 bits per heavy atom. The maximum atomic E-state index is 11.8. The Bertz CT molecular complexity index is 598. The van der Waals surface area contributed by atoms with Gasteiger partial charge in [0, 0.05) is 9.85 Å². The van der Waals surface area contributed by atoms with Crippen LogP contribution in [0.25, 0.3) is 0 Å². The summed E-state index contributed by atoms with van der Waals surface area (Å²) in [6.45, 7) is 0. The van der Waals surface area contributed by atoms with Crippen LogP contribution >= 0.6 is 27.3 Å². The molecule has 1 aromatic carbocycles. The van der Waals surface area contributed by atoms with Crippen LogP contribution in [0.1, 0.15) is 20.8 Å². The lowest BCUT2D eigenvalue weighted by Crippen LogP contribution is -2.15. The number of carbonyl (C=O) groups excluding carboxylic acids is 1. The van der Waals surface area contributed by atoms with E-state index in [9.17, 15) is 9.59 Å². The highest BCUT2D eigenvalue weighted by molar-refractivity contribution is 9.10. The molecule has 0 aliphatic carbocycles. The van der Waals surface area contributed by atoms with Gasteiger partial charge in [0.2, 0.25) is 0 Å². The highest BCUT2D eigenvalue weighted by atomic mass is 79.9. The van der Waals surface area contributed by atoms with E-state index in [2.05, 4.69) is 26.2 Å². The molecule has 0 bridgehead atoms. The van der Waals surface area contributed by atoms with Crippen molar-refractivity contribution in [2.75, 3.05) is 5.32 Å². The van der Waals surface area contributed by atoms with Crippen molar-refractivity contribution < 1.29 is 14.7 Å². The van der Waals surface area contributed by atoms with Crippen LogP contribution in [0, 0.1) is 0 Å². The van der Waals surface area contributed by atoms with Crippen molar-refractivity contribution in [2.45, 2.75) is 0 Å². The number of anilines is 1. The zero-order chi connectivity index (χ0) is 13.1. The number of hydrogen-bond acceptors (Lipinski definition) is 4. The van der Waals surface area contributed by atoms with Gasteiger partial charge in [0.05, 0.1) is 16.8 Å². The van der Waals surface area contributed by atoms with Crippen LogP contribution in [0.5, 0.6) is 0 Å². The van der Waals surface area contributed by atoms with Crippen molar-refractivity contribution in [3.63, 3.8) is 0 Å². The zero-order valence-corrected chi connectivity index (χ0v) is 11.3. The Hall–Kier alpha value is -1.73. The second-order valence-electron chi connectivity index (χ2n) is 3.32. The number of halogens is 1. The number of carbonyl (C=O) groups is 2. The molecule has 0 fully saturated rings. The number of rotatable bonds is 3. The Morgan fingerprint density at radius 1 is 1.39 bits per heavy atom. The molecule has 18 heavy (non-hydrogen) atoms. The topological polar surface area (TPSA) is 79.3 Å². The number of aromatic nitrogens is 1. The molecule has 2 N–H and O–H groups in total. The molecule has 0 aliphatic heterocycles. The van der Waals surface area contributed by atoms with Gasteiger partial charge in [0.25, 0.3) is 5.91 Å². The summed E-state index contributed by atoms with van der Waals surface area (Å²) in [5.41, 5.74) is 2.06. The minimum absolute atomic E-state index is 0.0294. The molecule has 5 nitrogen and oxygen atoms in total. The summed E-state index contributed by atoms with van der Waals surface area (Å²) in [7, 11) is 0. The molecule has 1 aromatic heterocycles. The molecule has 1 heterocycles. The monoisotopic (exact) mass is 326 g/mol. The van der Waals surface area contributed by atoms with Crippen molar-refractivity contribution >= 4 is 44.8 Å². The number of carboxylic acid groups (broad SMARTS) is 1. The molecule has 1 amide bonds. The van der Waals surface area contributed by atoms with E-state index < -0.39 is 11.9 Å². The molecule has 0 atom stereocenters. The van der Waals surface area contributed by atoms with E-state index in [0.717, 1.165) is 0 Å². The summed E-state index contributed by atoms with van der Waals surface area (Å²) >= 11 is 4.52. The fourth-order valence-electron chi connectivity index (χ4n) is 1.32. The van der Waals surface area contributed by atoms with Crippen molar-refractivity contribution in [1.82, 2.24) is 4.98 Å². The van der Waals surface area contributed by atoms with Crippen molar-refractivity contribution in [3.05, 3.63) is 44.8 Å². The largest absolute Gasteiger partial charge is 0.478 e. The van der Waals surface area contributed by atoms with E-state index in [1.54, 1.807) is 11.4 Å². The van der Waals surface area contributed by atoms with Crippen LogP contribution in [0.4, 0.5) is 5.69 Å². The van der Waals surface area contributed by atoms with Gasteiger partial charge in [-0.1, -0.05) is 15.9 Å². The maximum Gasteiger partial charge on any atom is 0.337 e. The molecule has 0 saturated heterocycles. The van der Waals surface area contributed by atoms with Gasteiger partial charge < -0.3 is 10.4 Å². The normalized spacial score (nSPS) is 10.1. The third-order valence-electron chi connectivity index (χ3n) is 2.13. The van der Waals surface area contributed by atoms with E-state index in [1.807, 2.05) is 0 Å². The number of hydrogen-bond donors (Lipinski definition) is 2. The van der Waals surface area contributed by atoms with Gasteiger partial charge in [0.1, 0.15) is 5.69 Å². The molecule has 0 radical (unpaired) electrons. The maximum absolute atomic E-state index is 11.8. The van der Waals surface area contributed by atoms with Crippen LogP contribution in [0.15, 0.2) is 33.6 Å². The second-order valence-corrected chi connectivity index (χ2v) is 4.96. The second kappa shape index (κ2) is 5.28. The molecular weight excluding hydrogens is 320 g/mol. The molecular formula is C11H7BrN2O3S. The molecule has 0 saturated carbocycles. The summed E-state index contributed by atoms with van der Waals surface area (Å²) in [5.74, 6) is -1.53. The minimum Gasteiger partial charge on any atom is -0.478 e. The summed E-state index contributed by atoms with van der Waals surface area (Å²) in [5, 5.41) is 13.1. The molecule has 2 aromatic rings. The number of amides is 1. The van der Waals surface area contributed by atoms with Gasteiger partial charge in [-0.3, -0.25) is 4.79 Å². The van der Waals surface area contributed by atoms with Gasteiger partial charge >= 0.3 is 5.97 Å². The Morgan fingerprint density at radius 2 is 2.17 bits per heavy atom. The number of carboxylic acids is 1. The number of thiazole rings is 1. The summed E-state index contributed by atoms with van der Waals surface area (Å²) in [4.78, 5) is 26.7. The predicted molar refractivity (Wildman–Crippen MR) is 71.2 cm³/mol. The average molecular weight is 327 g/mol. The van der Waals surface area contributed by atoms with Crippen LogP contribution in [0.3, 0.4) is 0 Å². The minimum atomic E-state index is -1.10. The molecule has 0 aliphatic rings. The third kappa shape index (κ3) is 2.74. The van der Waals surface area contributed by atoms with E-state index in [0.29, 0.717) is 4.47 Å². The molecule has 7 heteroatoms. The number of nitrogens with one attached hydrogen (secondary N) is 1. The van der Waals surface area contributed by atoms with Crippen LogP contribution in [0.2, 0.25) is 0 Å². The number of aromatic carboxylic acids is 1. The first-order valence-electron chi connectivity index (χ1n) is 4.80. The van der Waals surface area contributed by atoms with Gasteiger partial charge in [-0.05, 0) is 18.2 Å². The van der Waals surface area contributed by atoms with Crippen molar-refractivity contribution in [1.29, 1.82) is 0 Å². The van der Waals surface area contributed by atoms with Gasteiger partial charge in [-0.2, -0.15) is 0 Å². The number of benzene rings is 1. The fourth-order valence-corrected chi connectivity index (χ4v) is 2.21. The first-order valence-corrected chi connectivity index (χ1v) is 6.54.